The number of ether oxygens (including phenoxy) is 3. The van der Waals surface area contributed by atoms with E-state index >= 15 is 0 Å². The van der Waals surface area contributed by atoms with Crippen LogP contribution in [0.5, 0.6) is 5.75 Å². The predicted molar refractivity (Wildman–Crippen MR) is 87.3 cm³/mol. The molecule has 1 aromatic carbocycles. The van der Waals surface area contributed by atoms with E-state index < -0.39 is 0 Å². The van der Waals surface area contributed by atoms with Gasteiger partial charge in [0.25, 0.3) is 0 Å². The lowest BCUT2D eigenvalue weighted by Crippen LogP contribution is -2.32. The number of benzene rings is 1. The molecule has 0 N–H and O–H groups in total. The van der Waals surface area contributed by atoms with Crippen LogP contribution in [0.1, 0.15) is 0 Å². The summed E-state index contributed by atoms with van der Waals surface area (Å²) in [5.74, 6) is 1.72. The molecule has 0 saturated carbocycles. The SMILES string of the molecule is COc1ccc(-c2ccc(N(C)CC(OC)OC)nc2)cc1. The molecule has 0 amide bonds. The van der Waals surface area contributed by atoms with Gasteiger partial charge in [0.05, 0.1) is 13.7 Å². The van der Waals surface area contributed by atoms with E-state index in [9.17, 15) is 0 Å². The minimum Gasteiger partial charge on any atom is -0.497 e. The van der Waals surface area contributed by atoms with Gasteiger partial charge in [0, 0.05) is 33.0 Å². The number of hydrogen-bond acceptors (Lipinski definition) is 5. The summed E-state index contributed by atoms with van der Waals surface area (Å²) in [5, 5.41) is 0. The van der Waals surface area contributed by atoms with Crippen LogP contribution in [-0.4, -0.2) is 46.2 Å². The van der Waals surface area contributed by atoms with E-state index in [0.29, 0.717) is 6.54 Å². The largest absolute Gasteiger partial charge is 0.497 e. The molecule has 5 heteroatoms. The first-order valence-electron chi connectivity index (χ1n) is 7.05. The molecule has 2 rings (SSSR count). The molecule has 1 heterocycles. The van der Waals surface area contributed by atoms with E-state index in [1.807, 2.05) is 48.5 Å². The molecule has 1 aromatic heterocycles. The summed E-state index contributed by atoms with van der Waals surface area (Å²) in [7, 11) is 6.87. The fraction of sp³-hybridized carbons (Fsp3) is 0.353. The Kier molecular flexibility index (Phi) is 5.75. The fourth-order valence-corrected chi connectivity index (χ4v) is 2.13. The average Bonchev–Trinajstić information content (AvgIpc) is 2.59. The molecule has 0 spiro atoms. The molecule has 0 saturated heterocycles. The van der Waals surface area contributed by atoms with E-state index in [2.05, 4.69) is 11.1 Å². The van der Waals surface area contributed by atoms with Gasteiger partial charge < -0.3 is 19.1 Å². The molecule has 0 radical (unpaired) electrons. The molecule has 22 heavy (non-hydrogen) atoms. The Morgan fingerprint density at radius 1 is 0.955 bits per heavy atom. The summed E-state index contributed by atoms with van der Waals surface area (Å²) in [6, 6.07) is 12.0. The minimum absolute atomic E-state index is 0.270. The predicted octanol–water partition coefficient (Wildman–Crippen LogP) is 2.81. The van der Waals surface area contributed by atoms with Gasteiger partial charge in [0.15, 0.2) is 6.29 Å². The third-order valence-corrected chi connectivity index (χ3v) is 3.51. The second-order valence-corrected chi connectivity index (χ2v) is 4.92. The molecule has 0 unspecified atom stereocenters. The first-order chi connectivity index (χ1) is 10.7. The van der Waals surface area contributed by atoms with Crippen LogP contribution in [-0.2, 0) is 9.47 Å². The van der Waals surface area contributed by atoms with Gasteiger partial charge in [-0.25, -0.2) is 4.98 Å². The number of hydrogen-bond donors (Lipinski definition) is 0. The van der Waals surface area contributed by atoms with Gasteiger partial charge in [-0.15, -0.1) is 0 Å². The van der Waals surface area contributed by atoms with Crippen LogP contribution in [0.3, 0.4) is 0 Å². The number of pyridine rings is 1. The lowest BCUT2D eigenvalue weighted by atomic mass is 10.1. The fourth-order valence-electron chi connectivity index (χ4n) is 2.13. The lowest BCUT2D eigenvalue weighted by molar-refractivity contribution is -0.0944. The molecule has 118 valence electrons. The Balaban J connectivity index is 2.08. The summed E-state index contributed by atoms with van der Waals surface area (Å²) < 4.78 is 15.6. The van der Waals surface area contributed by atoms with Crippen LogP contribution in [0.4, 0.5) is 5.82 Å². The van der Waals surface area contributed by atoms with Gasteiger partial charge in [0.2, 0.25) is 0 Å². The van der Waals surface area contributed by atoms with Crippen molar-refractivity contribution in [3.8, 4) is 16.9 Å². The second-order valence-electron chi connectivity index (χ2n) is 4.92. The van der Waals surface area contributed by atoms with Crippen LogP contribution >= 0.6 is 0 Å². The number of likely N-dealkylation sites (N-methyl/N-ethyl adjacent to an activating group) is 1. The minimum atomic E-state index is -0.270. The van der Waals surface area contributed by atoms with Crippen molar-refractivity contribution < 1.29 is 14.2 Å². The number of anilines is 1. The van der Waals surface area contributed by atoms with Crippen molar-refractivity contribution in [2.45, 2.75) is 6.29 Å². The van der Waals surface area contributed by atoms with Crippen LogP contribution < -0.4 is 9.64 Å². The van der Waals surface area contributed by atoms with Crippen LogP contribution in [0.25, 0.3) is 11.1 Å². The first-order valence-corrected chi connectivity index (χ1v) is 7.05. The highest BCUT2D eigenvalue weighted by Crippen LogP contribution is 2.23. The van der Waals surface area contributed by atoms with Gasteiger partial charge in [0.1, 0.15) is 11.6 Å². The number of aromatic nitrogens is 1. The van der Waals surface area contributed by atoms with E-state index in [4.69, 9.17) is 14.2 Å². The van der Waals surface area contributed by atoms with E-state index in [0.717, 1.165) is 22.7 Å². The second kappa shape index (κ2) is 7.77. The Bertz CT molecular complexity index is 565. The molecule has 0 fully saturated rings. The maximum absolute atomic E-state index is 5.20. The smallest absolute Gasteiger partial charge is 0.174 e. The molecule has 0 aliphatic carbocycles. The Hall–Kier alpha value is -2.11. The molecule has 2 aromatic rings. The van der Waals surface area contributed by atoms with Crippen molar-refractivity contribution in [1.29, 1.82) is 0 Å². The molecular formula is C17H22N2O3. The zero-order chi connectivity index (χ0) is 15.9. The monoisotopic (exact) mass is 302 g/mol. The lowest BCUT2D eigenvalue weighted by Gasteiger charge is -2.23. The van der Waals surface area contributed by atoms with Crippen molar-refractivity contribution >= 4 is 5.82 Å². The third kappa shape index (κ3) is 3.96. The molecule has 0 aliphatic heterocycles. The highest BCUT2D eigenvalue weighted by Gasteiger charge is 2.11. The summed E-state index contributed by atoms with van der Waals surface area (Å²) >= 11 is 0. The maximum Gasteiger partial charge on any atom is 0.174 e. The Morgan fingerprint density at radius 2 is 1.59 bits per heavy atom. The molecular weight excluding hydrogens is 280 g/mol. The third-order valence-electron chi connectivity index (χ3n) is 3.51. The number of rotatable bonds is 7. The summed E-state index contributed by atoms with van der Waals surface area (Å²) in [5.41, 5.74) is 2.17. The van der Waals surface area contributed by atoms with Crippen LogP contribution in [0.2, 0.25) is 0 Å². The van der Waals surface area contributed by atoms with Crippen molar-refractivity contribution in [2.24, 2.45) is 0 Å². The summed E-state index contributed by atoms with van der Waals surface area (Å²) in [6.45, 7) is 0.613. The molecule has 0 aliphatic rings. The highest BCUT2D eigenvalue weighted by atomic mass is 16.7. The molecule has 0 atom stereocenters. The number of methoxy groups -OCH3 is 3. The average molecular weight is 302 g/mol. The van der Waals surface area contributed by atoms with Gasteiger partial charge in [-0.1, -0.05) is 12.1 Å². The zero-order valence-corrected chi connectivity index (χ0v) is 13.4. The standard InChI is InChI=1S/C17H22N2O3/c1-19(12-17(21-3)22-4)16-10-7-14(11-18-16)13-5-8-15(20-2)9-6-13/h5-11,17H,12H2,1-4H3. The molecule has 0 bridgehead atoms. The number of nitrogens with zero attached hydrogens (tertiary/aromatic N) is 2. The van der Waals surface area contributed by atoms with E-state index in [-0.39, 0.29) is 6.29 Å². The van der Waals surface area contributed by atoms with Crippen LogP contribution in [0, 0.1) is 0 Å². The van der Waals surface area contributed by atoms with Gasteiger partial charge in [-0.05, 0) is 29.8 Å². The van der Waals surface area contributed by atoms with Crippen molar-refractivity contribution in [3.63, 3.8) is 0 Å². The highest BCUT2D eigenvalue weighted by molar-refractivity contribution is 5.64. The quantitative estimate of drug-likeness (QED) is 0.736. The van der Waals surface area contributed by atoms with Crippen molar-refractivity contribution in [3.05, 3.63) is 42.6 Å². The molecule has 5 nitrogen and oxygen atoms in total. The van der Waals surface area contributed by atoms with E-state index in [1.165, 1.54) is 0 Å². The summed E-state index contributed by atoms with van der Waals surface area (Å²) in [6.07, 6.45) is 1.59. The van der Waals surface area contributed by atoms with E-state index in [1.54, 1.807) is 21.3 Å². The summed E-state index contributed by atoms with van der Waals surface area (Å²) in [4.78, 5) is 6.50. The van der Waals surface area contributed by atoms with Gasteiger partial charge >= 0.3 is 0 Å². The topological polar surface area (TPSA) is 43.8 Å². The maximum atomic E-state index is 5.20. The van der Waals surface area contributed by atoms with Gasteiger partial charge in [-0.2, -0.15) is 0 Å². The Morgan fingerprint density at radius 3 is 2.09 bits per heavy atom. The van der Waals surface area contributed by atoms with Crippen LogP contribution in [0.15, 0.2) is 42.6 Å². The zero-order valence-electron chi connectivity index (χ0n) is 13.4. The Labute approximate surface area is 131 Å². The first kappa shape index (κ1) is 16.3. The normalized spacial score (nSPS) is 10.8. The van der Waals surface area contributed by atoms with Crippen molar-refractivity contribution in [1.82, 2.24) is 4.98 Å². The van der Waals surface area contributed by atoms with Gasteiger partial charge in [-0.3, -0.25) is 0 Å². The van der Waals surface area contributed by atoms with Crippen molar-refractivity contribution in [2.75, 3.05) is 39.8 Å².